The van der Waals surface area contributed by atoms with E-state index in [4.69, 9.17) is 20.0 Å². The molecule has 10 heteroatoms. The van der Waals surface area contributed by atoms with E-state index in [1.165, 1.54) is 6.33 Å². The van der Waals surface area contributed by atoms with E-state index in [1.54, 1.807) is 7.11 Å². The Morgan fingerprint density at radius 2 is 1.63 bits per heavy atom. The Kier molecular flexibility index (Phi) is 7.91. The van der Waals surface area contributed by atoms with Gasteiger partial charge in [-0.3, -0.25) is 4.84 Å². The lowest BCUT2D eigenvalue weighted by Crippen LogP contribution is -2.47. The standard InChI is InChI=1S/C31H30IN5O4/c1-39-23-14-12-22(13-15-23)31(20-8-4-2-5-9-20,21-10-6-3-7-11-21)36-41-25-16-27(40-26(25)18-38)37-17-24(32)28-29(33)34-19-35-30(28)37/h2-15,17,19,25-27,36,38H,16,18H2,1H3,(H2,33,34,35)/t25-,26+,27+/m0/s1. The molecule has 3 heterocycles. The average Bonchev–Trinajstić information content (AvgIpc) is 3.60. The van der Waals surface area contributed by atoms with Crippen molar-refractivity contribution >= 4 is 39.4 Å². The van der Waals surface area contributed by atoms with Gasteiger partial charge >= 0.3 is 0 Å². The van der Waals surface area contributed by atoms with Gasteiger partial charge in [0, 0.05) is 16.2 Å². The Hall–Kier alpha value is -3.55. The van der Waals surface area contributed by atoms with Crippen LogP contribution in [0.5, 0.6) is 5.75 Å². The molecule has 0 spiro atoms. The second-order valence-corrected chi connectivity index (χ2v) is 11.0. The van der Waals surface area contributed by atoms with Crippen LogP contribution in [-0.4, -0.2) is 45.6 Å². The first-order chi connectivity index (χ1) is 20.0. The number of aliphatic hydroxyl groups excluding tert-OH is 1. The number of hydroxylamine groups is 1. The molecule has 1 saturated heterocycles. The first kappa shape index (κ1) is 27.6. The van der Waals surface area contributed by atoms with Crippen molar-refractivity contribution in [2.75, 3.05) is 19.5 Å². The Labute approximate surface area is 251 Å². The minimum atomic E-state index is -0.871. The fourth-order valence-corrected chi connectivity index (χ4v) is 6.32. The van der Waals surface area contributed by atoms with E-state index >= 15 is 0 Å². The smallest absolute Gasteiger partial charge is 0.148 e. The summed E-state index contributed by atoms with van der Waals surface area (Å²) < 4.78 is 14.6. The molecule has 0 bridgehead atoms. The molecule has 0 unspecified atom stereocenters. The summed E-state index contributed by atoms with van der Waals surface area (Å²) in [5, 5.41) is 11.1. The minimum Gasteiger partial charge on any atom is -0.497 e. The van der Waals surface area contributed by atoms with Crippen LogP contribution in [0.4, 0.5) is 5.82 Å². The highest BCUT2D eigenvalue weighted by molar-refractivity contribution is 14.1. The summed E-state index contributed by atoms with van der Waals surface area (Å²) in [6, 6.07) is 28.3. The summed E-state index contributed by atoms with van der Waals surface area (Å²) in [5.41, 5.74) is 12.4. The minimum absolute atomic E-state index is 0.206. The first-order valence-electron chi connectivity index (χ1n) is 13.3. The van der Waals surface area contributed by atoms with Gasteiger partial charge in [-0.1, -0.05) is 72.8 Å². The zero-order valence-corrected chi connectivity index (χ0v) is 24.5. The zero-order valence-electron chi connectivity index (χ0n) is 22.4. The van der Waals surface area contributed by atoms with Gasteiger partial charge < -0.3 is 24.9 Å². The van der Waals surface area contributed by atoms with Gasteiger partial charge in [0.15, 0.2) is 0 Å². The fraction of sp³-hybridized carbons (Fsp3) is 0.226. The number of halogens is 1. The molecule has 0 saturated carbocycles. The number of rotatable bonds is 9. The maximum Gasteiger partial charge on any atom is 0.148 e. The zero-order chi connectivity index (χ0) is 28.4. The molecule has 1 aliphatic heterocycles. The molecule has 0 aliphatic carbocycles. The lowest BCUT2D eigenvalue weighted by Gasteiger charge is -2.37. The third-order valence-corrected chi connectivity index (χ3v) is 8.38. The molecule has 4 N–H and O–H groups in total. The van der Waals surface area contributed by atoms with Crippen LogP contribution in [0.3, 0.4) is 0 Å². The number of nitrogens with one attached hydrogen (secondary N) is 1. The molecule has 0 amide bonds. The number of nitrogens with zero attached hydrogens (tertiary/aromatic N) is 3. The van der Waals surface area contributed by atoms with Gasteiger partial charge in [-0.05, 0) is 51.4 Å². The van der Waals surface area contributed by atoms with Crippen molar-refractivity contribution in [2.24, 2.45) is 0 Å². The highest BCUT2D eigenvalue weighted by atomic mass is 127. The van der Waals surface area contributed by atoms with Crippen molar-refractivity contribution in [3.8, 4) is 5.75 Å². The third-order valence-electron chi connectivity index (χ3n) is 7.56. The number of anilines is 1. The highest BCUT2D eigenvalue weighted by Crippen LogP contribution is 2.40. The van der Waals surface area contributed by atoms with Gasteiger partial charge in [0.25, 0.3) is 0 Å². The Balaban J connectivity index is 1.37. The van der Waals surface area contributed by atoms with Crippen LogP contribution in [0.1, 0.15) is 29.3 Å². The van der Waals surface area contributed by atoms with Gasteiger partial charge in [-0.15, -0.1) is 0 Å². The molecule has 1 aliphatic rings. The maximum atomic E-state index is 10.3. The van der Waals surface area contributed by atoms with Crippen molar-refractivity contribution in [3.05, 3.63) is 118 Å². The van der Waals surface area contributed by atoms with Gasteiger partial charge in [0.1, 0.15) is 47.5 Å². The van der Waals surface area contributed by atoms with E-state index in [1.807, 2.05) is 71.4 Å². The monoisotopic (exact) mass is 663 g/mol. The van der Waals surface area contributed by atoms with Gasteiger partial charge in [-0.2, -0.15) is 5.48 Å². The Morgan fingerprint density at radius 3 is 2.24 bits per heavy atom. The van der Waals surface area contributed by atoms with Crippen molar-refractivity contribution in [2.45, 2.75) is 30.4 Å². The van der Waals surface area contributed by atoms with E-state index in [-0.39, 0.29) is 6.61 Å². The molecule has 9 nitrogen and oxygen atoms in total. The van der Waals surface area contributed by atoms with Crippen LogP contribution >= 0.6 is 22.6 Å². The van der Waals surface area contributed by atoms with E-state index in [0.717, 1.165) is 31.4 Å². The van der Waals surface area contributed by atoms with Crippen molar-refractivity contribution in [3.63, 3.8) is 0 Å². The number of nitrogens with two attached hydrogens (primary N) is 1. The predicted octanol–water partition coefficient (Wildman–Crippen LogP) is 4.79. The van der Waals surface area contributed by atoms with E-state index < -0.39 is 24.0 Å². The summed E-state index contributed by atoms with van der Waals surface area (Å²) in [5.74, 6) is 1.18. The topological polar surface area (TPSA) is 117 Å². The molecule has 6 rings (SSSR count). The third kappa shape index (κ3) is 5.06. The van der Waals surface area contributed by atoms with Gasteiger partial charge in [0.05, 0.1) is 19.1 Å². The summed E-state index contributed by atoms with van der Waals surface area (Å²) in [7, 11) is 1.65. The van der Waals surface area contributed by atoms with Crippen molar-refractivity contribution in [1.82, 2.24) is 20.0 Å². The fourth-order valence-electron chi connectivity index (χ4n) is 5.50. The second-order valence-electron chi connectivity index (χ2n) is 9.86. The van der Waals surface area contributed by atoms with Crippen LogP contribution in [0, 0.1) is 3.57 Å². The number of benzene rings is 3. The molecular formula is C31H30IN5O4. The van der Waals surface area contributed by atoms with Crippen LogP contribution < -0.4 is 16.0 Å². The predicted molar refractivity (Wildman–Crippen MR) is 164 cm³/mol. The first-order valence-corrected chi connectivity index (χ1v) is 14.3. The summed E-state index contributed by atoms with van der Waals surface area (Å²) >= 11 is 2.22. The molecule has 41 heavy (non-hydrogen) atoms. The molecule has 210 valence electrons. The van der Waals surface area contributed by atoms with E-state index in [9.17, 15) is 5.11 Å². The summed E-state index contributed by atoms with van der Waals surface area (Å²) in [4.78, 5) is 15.1. The molecule has 1 fully saturated rings. The molecule has 3 aromatic carbocycles. The van der Waals surface area contributed by atoms with Crippen molar-refractivity contribution < 1.29 is 19.4 Å². The van der Waals surface area contributed by atoms with Gasteiger partial charge in [-0.25, -0.2) is 9.97 Å². The highest BCUT2D eigenvalue weighted by Gasteiger charge is 2.42. The molecular weight excluding hydrogens is 633 g/mol. The Bertz CT molecular complexity index is 1580. The van der Waals surface area contributed by atoms with Crippen LogP contribution in [0.25, 0.3) is 11.0 Å². The lowest BCUT2D eigenvalue weighted by molar-refractivity contribution is -0.103. The molecule has 5 aromatic rings. The second kappa shape index (κ2) is 11.7. The summed E-state index contributed by atoms with van der Waals surface area (Å²) in [6.45, 7) is -0.206. The summed E-state index contributed by atoms with van der Waals surface area (Å²) in [6.07, 6.45) is 2.42. The van der Waals surface area contributed by atoms with Gasteiger partial charge in [0.2, 0.25) is 0 Å². The number of hydrogen-bond acceptors (Lipinski definition) is 8. The number of nitrogen functional groups attached to an aromatic ring is 1. The van der Waals surface area contributed by atoms with Crippen LogP contribution in [-0.2, 0) is 15.1 Å². The maximum absolute atomic E-state index is 10.3. The quantitative estimate of drug-likeness (QED) is 0.117. The SMILES string of the molecule is COc1ccc(C(NO[C@H]2C[C@H](n3cc(I)c4c(N)ncnc43)O[C@@H]2CO)(c2ccccc2)c2ccccc2)cc1. The number of ether oxygens (including phenoxy) is 2. The number of aliphatic hydroxyl groups is 1. The van der Waals surface area contributed by atoms with Crippen molar-refractivity contribution in [1.29, 1.82) is 0 Å². The number of aromatic nitrogens is 3. The number of hydrogen-bond donors (Lipinski definition) is 3. The molecule has 2 aromatic heterocycles. The normalized spacial score (nSPS) is 19.0. The number of methoxy groups -OCH3 is 1. The van der Waals surface area contributed by atoms with E-state index in [2.05, 4.69) is 62.3 Å². The van der Waals surface area contributed by atoms with Crippen LogP contribution in [0.15, 0.2) is 97.5 Å². The number of fused-ring (bicyclic) bond motifs is 1. The molecule has 0 radical (unpaired) electrons. The van der Waals surface area contributed by atoms with E-state index in [0.29, 0.717) is 17.9 Å². The largest absolute Gasteiger partial charge is 0.497 e. The van der Waals surface area contributed by atoms with Crippen LogP contribution in [0.2, 0.25) is 0 Å². The molecule has 3 atom stereocenters. The average molecular weight is 664 g/mol. The Morgan fingerprint density at radius 1 is 1.00 bits per heavy atom. The lowest BCUT2D eigenvalue weighted by atomic mass is 9.78.